The van der Waals surface area contributed by atoms with Crippen LogP contribution in [0.3, 0.4) is 0 Å². The average Bonchev–Trinajstić information content (AvgIpc) is 3.23. The van der Waals surface area contributed by atoms with E-state index in [1.54, 1.807) is 0 Å². The number of nitrogens with one attached hydrogen (secondary N) is 1. The Morgan fingerprint density at radius 3 is 3.06 bits per heavy atom. The van der Waals surface area contributed by atoms with Crippen molar-refractivity contribution in [2.24, 2.45) is 0 Å². The van der Waals surface area contributed by atoms with Crippen LogP contribution in [-0.4, -0.2) is 36.5 Å². The van der Waals surface area contributed by atoms with Crippen LogP contribution < -0.4 is 10.1 Å². The molecule has 1 aromatic rings. The van der Waals surface area contributed by atoms with Crippen LogP contribution in [-0.2, 0) is 0 Å². The van der Waals surface area contributed by atoms with Crippen molar-refractivity contribution in [1.82, 2.24) is 4.90 Å². The molecule has 0 aromatic heterocycles. The van der Waals surface area contributed by atoms with Gasteiger partial charge in [0.25, 0.3) is 5.91 Å². The normalized spacial score (nSPS) is 17.4. The first-order valence-corrected chi connectivity index (χ1v) is 6.62. The first kappa shape index (κ1) is 11.4. The fourth-order valence-electron chi connectivity index (χ4n) is 2.45. The second-order valence-corrected chi connectivity index (χ2v) is 4.78. The maximum atomic E-state index is 12.5. The summed E-state index contributed by atoms with van der Waals surface area (Å²) in [6.45, 7) is 4.21. The summed E-state index contributed by atoms with van der Waals surface area (Å²) >= 11 is 0. The molecule has 1 N–H and O–H groups in total. The number of para-hydroxylation sites is 1. The molecule has 4 nitrogen and oxygen atoms in total. The number of carbonyl (C=O) groups excluding carboxylic acids is 1. The van der Waals surface area contributed by atoms with E-state index in [-0.39, 0.29) is 5.91 Å². The van der Waals surface area contributed by atoms with Gasteiger partial charge in [-0.15, -0.1) is 0 Å². The van der Waals surface area contributed by atoms with Gasteiger partial charge in [-0.1, -0.05) is 6.07 Å². The third-order valence-electron chi connectivity index (χ3n) is 3.50. The van der Waals surface area contributed by atoms with E-state index < -0.39 is 0 Å². The van der Waals surface area contributed by atoms with Crippen molar-refractivity contribution in [2.75, 3.05) is 25.0 Å². The molecule has 1 aliphatic heterocycles. The van der Waals surface area contributed by atoms with Crippen LogP contribution >= 0.6 is 0 Å². The number of carbonyl (C=O) groups is 1. The number of anilines is 1. The molecule has 1 aliphatic carbocycles. The maximum Gasteiger partial charge on any atom is 0.257 e. The second kappa shape index (κ2) is 4.52. The number of hydrogen-bond acceptors (Lipinski definition) is 3. The molecule has 96 valence electrons. The molecular weight excluding hydrogens is 228 g/mol. The van der Waals surface area contributed by atoms with Crippen molar-refractivity contribution in [2.45, 2.75) is 25.8 Å². The molecule has 0 spiro atoms. The number of nitrogens with zero attached hydrogens (tertiary/aromatic N) is 1. The van der Waals surface area contributed by atoms with Gasteiger partial charge >= 0.3 is 0 Å². The molecule has 0 atom stereocenters. The molecule has 0 radical (unpaired) electrons. The predicted molar refractivity (Wildman–Crippen MR) is 70.2 cm³/mol. The van der Waals surface area contributed by atoms with Gasteiger partial charge in [0.1, 0.15) is 6.61 Å². The molecule has 0 saturated heterocycles. The van der Waals surface area contributed by atoms with Gasteiger partial charge in [-0.05, 0) is 31.9 Å². The topological polar surface area (TPSA) is 41.6 Å². The van der Waals surface area contributed by atoms with Gasteiger partial charge in [-0.25, -0.2) is 0 Å². The first-order chi connectivity index (χ1) is 8.81. The molecule has 0 unspecified atom stereocenters. The number of ether oxygens (including phenoxy) is 1. The van der Waals surface area contributed by atoms with Crippen LogP contribution in [0.4, 0.5) is 5.69 Å². The lowest BCUT2D eigenvalue weighted by Gasteiger charge is -2.25. The highest BCUT2D eigenvalue weighted by molar-refractivity contribution is 5.99. The van der Waals surface area contributed by atoms with Crippen LogP contribution in [0.25, 0.3) is 0 Å². The lowest BCUT2D eigenvalue weighted by molar-refractivity contribution is 0.0748. The zero-order valence-corrected chi connectivity index (χ0v) is 10.6. The largest absolute Gasteiger partial charge is 0.489 e. The van der Waals surface area contributed by atoms with Crippen molar-refractivity contribution < 1.29 is 9.53 Å². The predicted octanol–water partition coefficient (Wildman–Crippen LogP) is 2.12. The van der Waals surface area contributed by atoms with E-state index in [9.17, 15) is 4.79 Å². The van der Waals surface area contributed by atoms with Gasteiger partial charge in [0.05, 0.1) is 11.3 Å². The Kier molecular flexibility index (Phi) is 2.86. The molecule has 3 rings (SSSR count). The molecular formula is C14H18N2O2. The molecule has 18 heavy (non-hydrogen) atoms. The summed E-state index contributed by atoms with van der Waals surface area (Å²) in [6, 6.07) is 6.17. The number of amides is 1. The van der Waals surface area contributed by atoms with E-state index in [2.05, 4.69) is 5.32 Å². The maximum absolute atomic E-state index is 12.5. The number of fused-ring (bicyclic) bond motifs is 1. The van der Waals surface area contributed by atoms with E-state index in [4.69, 9.17) is 4.74 Å². The Hall–Kier alpha value is -1.71. The summed E-state index contributed by atoms with van der Waals surface area (Å²) in [4.78, 5) is 14.5. The number of rotatable bonds is 3. The highest BCUT2D eigenvalue weighted by atomic mass is 16.5. The standard InChI is InChI=1S/C14H18N2O2/c1-2-16(10-6-7-10)14(17)11-4-3-5-12-13(11)18-9-8-15-12/h3-5,10,15H,2,6-9H2,1H3. The molecule has 1 fully saturated rings. The van der Waals surface area contributed by atoms with Crippen molar-refractivity contribution in [1.29, 1.82) is 0 Å². The Morgan fingerprint density at radius 2 is 2.33 bits per heavy atom. The van der Waals surface area contributed by atoms with Crippen LogP contribution in [0.15, 0.2) is 18.2 Å². The molecule has 1 heterocycles. The van der Waals surface area contributed by atoms with E-state index in [0.717, 1.165) is 31.6 Å². The third kappa shape index (κ3) is 1.92. The molecule has 1 saturated carbocycles. The summed E-state index contributed by atoms with van der Waals surface area (Å²) in [5.41, 5.74) is 1.62. The third-order valence-corrected chi connectivity index (χ3v) is 3.50. The summed E-state index contributed by atoms with van der Waals surface area (Å²) in [5.74, 6) is 0.813. The summed E-state index contributed by atoms with van der Waals surface area (Å²) in [7, 11) is 0. The van der Waals surface area contributed by atoms with Gasteiger partial charge < -0.3 is 15.0 Å². The van der Waals surface area contributed by atoms with Gasteiger partial charge in [-0.3, -0.25) is 4.79 Å². The monoisotopic (exact) mass is 246 g/mol. The van der Waals surface area contributed by atoms with Crippen LogP contribution in [0.2, 0.25) is 0 Å². The minimum absolute atomic E-state index is 0.0977. The highest BCUT2D eigenvalue weighted by Crippen LogP contribution is 2.34. The lowest BCUT2D eigenvalue weighted by atomic mass is 10.1. The fraction of sp³-hybridized carbons (Fsp3) is 0.500. The SMILES string of the molecule is CCN(C(=O)c1cccc2c1OCCN2)C1CC1. The summed E-state index contributed by atoms with van der Waals surface area (Å²) in [5, 5.41) is 3.26. The Labute approximate surface area is 107 Å². The first-order valence-electron chi connectivity index (χ1n) is 6.62. The van der Waals surface area contributed by atoms with Crippen molar-refractivity contribution in [3.63, 3.8) is 0 Å². The number of benzene rings is 1. The minimum atomic E-state index is 0.0977. The molecule has 4 heteroatoms. The van der Waals surface area contributed by atoms with E-state index >= 15 is 0 Å². The van der Waals surface area contributed by atoms with Gasteiger partial charge in [0, 0.05) is 19.1 Å². The van der Waals surface area contributed by atoms with E-state index in [1.165, 1.54) is 0 Å². The molecule has 0 bridgehead atoms. The Balaban J connectivity index is 1.93. The zero-order chi connectivity index (χ0) is 12.5. The van der Waals surface area contributed by atoms with Crippen molar-refractivity contribution in [3.8, 4) is 5.75 Å². The lowest BCUT2D eigenvalue weighted by Crippen LogP contribution is -2.33. The van der Waals surface area contributed by atoms with Gasteiger partial charge in [0.2, 0.25) is 0 Å². The minimum Gasteiger partial charge on any atom is -0.489 e. The zero-order valence-electron chi connectivity index (χ0n) is 10.6. The van der Waals surface area contributed by atoms with Crippen molar-refractivity contribution >= 4 is 11.6 Å². The second-order valence-electron chi connectivity index (χ2n) is 4.78. The Morgan fingerprint density at radius 1 is 1.50 bits per heavy atom. The smallest absolute Gasteiger partial charge is 0.257 e. The van der Waals surface area contributed by atoms with Crippen molar-refractivity contribution in [3.05, 3.63) is 23.8 Å². The average molecular weight is 246 g/mol. The fourth-order valence-corrected chi connectivity index (χ4v) is 2.45. The highest BCUT2D eigenvalue weighted by Gasteiger charge is 2.33. The number of hydrogen-bond donors (Lipinski definition) is 1. The van der Waals surface area contributed by atoms with E-state index in [0.29, 0.717) is 24.0 Å². The van der Waals surface area contributed by atoms with Crippen LogP contribution in [0, 0.1) is 0 Å². The van der Waals surface area contributed by atoms with Gasteiger partial charge in [-0.2, -0.15) is 0 Å². The van der Waals surface area contributed by atoms with Crippen LogP contribution in [0.1, 0.15) is 30.1 Å². The summed E-state index contributed by atoms with van der Waals surface area (Å²) < 4.78 is 5.66. The molecule has 2 aliphatic rings. The molecule has 1 aromatic carbocycles. The quantitative estimate of drug-likeness (QED) is 0.888. The van der Waals surface area contributed by atoms with Crippen LogP contribution in [0.5, 0.6) is 5.75 Å². The van der Waals surface area contributed by atoms with E-state index in [1.807, 2.05) is 30.0 Å². The molecule has 1 amide bonds. The summed E-state index contributed by atoms with van der Waals surface area (Å²) in [6.07, 6.45) is 2.27. The van der Waals surface area contributed by atoms with Gasteiger partial charge in [0.15, 0.2) is 5.75 Å². The Bertz CT molecular complexity index is 469.